The summed E-state index contributed by atoms with van der Waals surface area (Å²) in [5.74, 6) is -0.539. The highest BCUT2D eigenvalue weighted by molar-refractivity contribution is 6.40. The van der Waals surface area contributed by atoms with Gasteiger partial charge in [-0.15, -0.1) is 6.58 Å². The van der Waals surface area contributed by atoms with Gasteiger partial charge < -0.3 is 16.0 Å². The summed E-state index contributed by atoms with van der Waals surface area (Å²) >= 11 is 12.4. The maximum absolute atomic E-state index is 13.2. The summed E-state index contributed by atoms with van der Waals surface area (Å²) in [7, 11) is 1.62. The molecule has 35 heavy (non-hydrogen) atoms. The molecule has 1 fully saturated rings. The fourth-order valence-electron chi connectivity index (χ4n) is 4.77. The second kappa shape index (κ2) is 12.2. The molecule has 6 nitrogen and oxygen atoms in total. The van der Waals surface area contributed by atoms with E-state index in [4.69, 9.17) is 28.9 Å². The zero-order chi connectivity index (χ0) is 25.6. The number of rotatable bonds is 9. The van der Waals surface area contributed by atoms with Gasteiger partial charge in [-0.05, 0) is 49.6 Å². The Balaban J connectivity index is 1.63. The van der Waals surface area contributed by atoms with Crippen molar-refractivity contribution < 1.29 is 14.0 Å². The molecule has 3 atom stereocenters. The Labute approximate surface area is 216 Å². The fourth-order valence-corrected chi connectivity index (χ4v) is 5.20. The number of nitrogens with one attached hydrogen (secondary N) is 1. The highest BCUT2D eigenvalue weighted by Crippen LogP contribution is 2.40. The van der Waals surface area contributed by atoms with Crippen molar-refractivity contribution in [3.05, 3.63) is 70.5 Å². The van der Waals surface area contributed by atoms with Crippen LogP contribution < -0.4 is 11.1 Å². The van der Waals surface area contributed by atoms with Crippen LogP contribution in [0.1, 0.15) is 24.8 Å². The summed E-state index contributed by atoms with van der Waals surface area (Å²) in [6, 6.07) is 5.27. The van der Waals surface area contributed by atoms with Crippen molar-refractivity contribution in [2.45, 2.75) is 37.8 Å². The number of benzene rings is 1. The normalized spacial score (nSPS) is 23.8. The van der Waals surface area contributed by atoms with Crippen LogP contribution in [0, 0.1) is 11.2 Å². The largest absolute Gasteiger partial charge is 0.358 e. The molecule has 1 aromatic rings. The number of hydrogen-bond donors (Lipinski definition) is 2. The van der Waals surface area contributed by atoms with Gasteiger partial charge in [0.15, 0.2) is 0 Å². The van der Waals surface area contributed by atoms with Crippen molar-refractivity contribution in [1.29, 1.82) is 0 Å². The van der Waals surface area contributed by atoms with Crippen molar-refractivity contribution in [3.8, 4) is 0 Å². The third kappa shape index (κ3) is 6.73. The number of piperazine rings is 1. The molecular weight excluding hydrogens is 490 g/mol. The third-order valence-electron chi connectivity index (χ3n) is 6.81. The molecule has 9 heteroatoms. The number of halogens is 3. The molecule has 3 rings (SSSR count). The smallest absolute Gasteiger partial charge is 0.240 e. The maximum Gasteiger partial charge on any atom is 0.240 e. The molecule has 2 aliphatic rings. The van der Waals surface area contributed by atoms with Crippen LogP contribution in [0.25, 0.3) is 0 Å². The number of allylic oxidation sites excluding steroid dienone is 3. The average Bonchev–Trinajstić information content (AvgIpc) is 2.85. The minimum atomic E-state index is -0.761. The molecule has 1 saturated heterocycles. The van der Waals surface area contributed by atoms with Crippen molar-refractivity contribution >= 4 is 35.0 Å². The molecule has 0 radical (unpaired) electrons. The van der Waals surface area contributed by atoms with Gasteiger partial charge in [-0.3, -0.25) is 14.5 Å². The molecule has 0 aromatic heterocycles. The maximum atomic E-state index is 13.2. The Morgan fingerprint density at radius 1 is 1.31 bits per heavy atom. The lowest BCUT2D eigenvalue weighted by Crippen LogP contribution is -2.59. The Morgan fingerprint density at radius 2 is 2.03 bits per heavy atom. The van der Waals surface area contributed by atoms with Gasteiger partial charge in [-0.25, -0.2) is 4.39 Å². The first-order chi connectivity index (χ1) is 16.7. The van der Waals surface area contributed by atoms with Crippen LogP contribution in [0.2, 0.25) is 0 Å². The van der Waals surface area contributed by atoms with Crippen molar-refractivity contribution in [1.82, 2.24) is 15.1 Å². The molecule has 0 saturated carbocycles. The number of amides is 2. The molecule has 0 bridgehead atoms. The van der Waals surface area contributed by atoms with Crippen LogP contribution in [0.5, 0.6) is 0 Å². The first-order valence-corrected chi connectivity index (χ1v) is 12.5. The van der Waals surface area contributed by atoms with E-state index in [0.29, 0.717) is 61.9 Å². The molecule has 0 spiro atoms. The second-order valence-corrected chi connectivity index (χ2v) is 10.1. The Bertz CT molecular complexity index is 998. The summed E-state index contributed by atoms with van der Waals surface area (Å²) in [6.07, 6.45) is 7.26. The van der Waals surface area contributed by atoms with Crippen LogP contribution in [0.3, 0.4) is 0 Å². The van der Waals surface area contributed by atoms with E-state index in [1.165, 1.54) is 12.1 Å². The fraction of sp³-hybridized carbons (Fsp3) is 0.462. The van der Waals surface area contributed by atoms with E-state index in [1.807, 2.05) is 17.1 Å². The van der Waals surface area contributed by atoms with Crippen LogP contribution in [0.4, 0.5) is 4.39 Å². The van der Waals surface area contributed by atoms with Crippen LogP contribution in [0.15, 0.2) is 59.1 Å². The van der Waals surface area contributed by atoms with E-state index in [9.17, 15) is 14.0 Å². The molecule has 2 amide bonds. The van der Waals surface area contributed by atoms with E-state index < -0.39 is 11.5 Å². The molecule has 1 aliphatic heterocycles. The zero-order valence-electron chi connectivity index (χ0n) is 20.0. The second-order valence-electron chi connectivity index (χ2n) is 9.20. The average molecular weight is 523 g/mol. The predicted molar refractivity (Wildman–Crippen MR) is 138 cm³/mol. The molecule has 1 aromatic carbocycles. The van der Waals surface area contributed by atoms with Crippen LogP contribution in [-0.2, 0) is 16.0 Å². The van der Waals surface area contributed by atoms with E-state index in [2.05, 4.69) is 16.8 Å². The molecule has 190 valence electrons. The van der Waals surface area contributed by atoms with Gasteiger partial charge in [0.2, 0.25) is 11.8 Å². The van der Waals surface area contributed by atoms with Gasteiger partial charge in [0.1, 0.15) is 5.82 Å². The number of carbonyl (C=O) groups excluding carboxylic acids is 2. The Hall–Kier alpha value is -2.19. The van der Waals surface area contributed by atoms with Gasteiger partial charge >= 0.3 is 0 Å². The van der Waals surface area contributed by atoms with E-state index >= 15 is 0 Å². The lowest BCUT2D eigenvalue weighted by Gasteiger charge is -2.43. The number of hydrogen-bond acceptors (Lipinski definition) is 4. The first-order valence-electron chi connectivity index (χ1n) is 11.8. The van der Waals surface area contributed by atoms with E-state index in [1.54, 1.807) is 25.3 Å². The zero-order valence-corrected chi connectivity index (χ0v) is 21.5. The highest BCUT2D eigenvalue weighted by Gasteiger charge is 2.39. The molecule has 1 heterocycles. The van der Waals surface area contributed by atoms with Gasteiger partial charge in [0, 0.05) is 44.2 Å². The Kier molecular flexibility index (Phi) is 9.53. The first kappa shape index (κ1) is 27.4. The van der Waals surface area contributed by atoms with Crippen molar-refractivity contribution in [2.24, 2.45) is 11.1 Å². The van der Waals surface area contributed by atoms with Gasteiger partial charge in [0.25, 0.3) is 0 Å². The summed E-state index contributed by atoms with van der Waals surface area (Å²) in [6.45, 7) is 6.37. The van der Waals surface area contributed by atoms with Gasteiger partial charge in [-0.1, -0.05) is 47.5 Å². The minimum absolute atomic E-state index is 0.0659. The quantitative estimate of drug-likeness (QED) is 0.486. The predicted octanol–water partition coefficient (Wildman–Crippen LogP) is 3.56. The van der Waals surface area contributed by atoms with Crippen LogP contribution >= 0.6 is 23.2 Å². The third-order valence-corrected chi connectivity index (χ3v) is 7.59. The lowest BCUT2D eigenvalue weighted by atomic mass is 9.77. The molecule has 3 unspecified atom stereocenters. The van der Waals surface area contributed by atoms with Gasteiger partial charge in [0.05, 0.1) is 16.5 Å². The summed E-state index contributed by atoms with van der Waals surface area (Å²) in [5, 5.41) is 3.69. The molecule has 3 N–H and O–H groups in total. The van der Waals surface area contributed by atoms with Crippen molar-refractivity contribution in [3.63, 3.8) is 0 Å². The number of nitrogens with two attached hydrogens (primary N) is 1. The van der Waals surface area contributed by atoms with E-state index in [0.717, 1.165) is 5.56 Å². The molecule has 1 aliphatic carbocycles. The summed E-state index contributed by atoms with van der Waals surface area (Å²) < 4.78 is 13.2. The number of nitrogens with zero attached hydrogens (tertiary/aromatic N) is 2. The highest BCUT2D eigenvalue weighted by atomic mass is 35.5. The minimum Gasteiger partial charge on any atom is -0.358 e. The SMILES string of the molecule is C=CCC1CN(CCC2(C(=O)NC)C=CC(Cl)=C(Cl)C2)CCN1C(=O)C(N)Cc1ccc(F)cc1. The topological polar surface area (TPSA) is 78.7 Å². The summed E-state index contributed by atoms with van der Waals surface area (Å²) in [4.78, 5) is 30.0. The molecular formula is C26H33Cl2FN4O2. The Morgan fingerprint density at radius 3 is 2.66 bits per heavy atom. The monoisotopic (exact) mass is 522 g/mol. The standard InChI is InChI=1S/C26H33Cl2FN4O2/c1-3-4-20-17-32(12-11-26(25(35)31-2)10-9-21(27)22(28)16-26)13-14-33(20)24(34)23(30)15-18-5-7-19(29)8-6-18/h3,5-10,20,23H,1,4,11-17,30H2,2H3,(H,31,35). The summed E-state index contributed by atoms with van der Waals surface area (Å²) in [5.41, 5.74) is 6.31. The lowest BCUT2D eigenvalue weighted by molar-refractivity contribution is -0.137. The van der Waals surface area contributed by atoms with Gasteiger partial charge in [-0.2, -0.15) is 0 Å². The van der Waals surface area contributed by atoms with E-state index in [-0.39, 0.29) is 23.7 Å². The van der Waals surface area contributed by atoms with Crippen LogP contribution in [-0.4, -0.2) is 66.9 Å². The number of carbonyl (C=O) groups is 2. The van der Waals surface area contributed by atoms with Crippen molar-refractivity contribution in [2.75, 3.05) is 33.2 Å².